The van der Waals surface area contributed by atoms with Gasteiger partial charge >= 0.3 is 0 Å². The van der Waals surface area contributed by atoms with Gasteiger partial charge in [-0.1, -0.05) is 15.9 Å². The minimum absolute atomic E-state index is 0.253. The van der Waals surface area contributed by atoms with Gasteiger partial charge < -0.3 is 10.1 Å². The molecule has 3 nitrogen and oxygen atoms in total. The molecule has 0 aromatic heterocycles. The number of methoxy groups -OCH3 is 1. The number of hydrogen-bond donors (Lipinski definition) is 1. The summed E-state index contributed by atoms with van der Waals surface area (Å²) in [5.41, 5.74) is 4.19. The maximum Gasteiger partial charge on any atom is 0.145 e. The van der Waals surface area contributed by atoms with Crippen LogP contribution in [0.1, 0.15) is 23.6 Å². The second kappa shape index (κ2) is 5.42. The molecule has 92 valence electrons. The molecule has 1 unspecified atom stereocenters. The molecule has 0 fully saturated rings. The zero-order valence-electron chi connectivity index (χ0n) is 10.8. The summed E-state index contributed by atoms with van der Waals surface area (Å²) in [6, 6.07) is 1.91. The molecule has 0 bridgehead atoms. The lowest BCUT2D eigenvalue weighted by atomic mass is 10.0. The van der Waals surface area contributed by atoms with Gasteiger partial charge in [0.05, 0.1) is 18.9 Å². The monoisotopic (exact) mass is 296 g/mol. The summed E-state index contributed by atoms with van der Waals surface area (Å²) >= 11 is 3.58. The third-order valence-electron chi connectivity index (χ3n) is 2.92. The summed E-state index contributed by atoms with van der Waals surface area (Å²) in [6.45, 7) is 7.89. The van der Waals surface area contributed by atoms with Gasteiger partial charge in [0.1, 0.15) is 11.8 Å². The number of ether oxygens (including phenoxy) is 1. The van der Waals surface area contributed by atoms with Gasteiger partial charge in [-0.05, 0) is 44.4 Å². The Labute approximate surface area is 111 Å². The highest BCUT2D eigenvalue weighted by atomic mass is 79.9. The number of halogens is 1. The normalized spacial score (nSPS) is 11.8. The number of rotatable bonds is 3. The SMILES string of the molecule is COc1c(C)c(C)c(Br)c(C)c1NC(C)C#N. The highest BCUT2D eigenvalue weighted by Crippen LogP contribution is 2.40. The molecule has 4 heteroatoms. The number of nitrogens with zero attached hydrogens (tertiary/aromatic N) is 1. The highest BCUT2D eigenvalue weighted by Gasteiger charge is 2.17. The number of anilines is 1. The molecule has 0 heterocycles. The van der Waals surface area contributed by atoms with Gasteiger partial charge in [-0.3, -0.25) is 0 Å². The van der Waals surface area contributed by atoms with Crippen molar-refractivity contribution in [3.8, 4) is 11.8 Å². The minimum atomic E-state index is -0.253. The van der Waals surface area contributed by atoms with Crippen LogP contribution in [-0.4, -0.2) is 13.2 Å². The average Bonchev–Trinajstić information content (AvgIpc) is 2.33. The molecule has 1 rings (SSSR count). The number of nitriles is 1. The van der Waals surface area contributed by atoms with Crippen molar-refractivity contribution in [1.29, 1.82) is 5.26 Å². The smallest absolute Gasteiger partial charge is 0.145 e. The van der Waals surface area contributed by atoms with Crippen molar-refractivity contribution in [2.75, 3.05) is 12.4 Å². The summed E-state index contributed by atoms with van der Waals surface area (Å²) < 4.78 is 6.50. The van der Waals surface area contributed by atoms with E-state index in [0.717, 1.165) is 32.6 Å². The molecule has 1 aromatic carbocycles. The average molecular weight is 297 g/mol. The van der Waals surface area contributed by atoms with Crippen LogP contribution >= 0.6 is 15.9 Å². The zero-order valence-corrected chi connectivity index (χ0v) is 12.4. The van der Waals surface area contributed by atoms with Crippen molar-refractivity contribution in [3.05, 3.63) is 21.2 Å². The van der Waals surface area contributed by atoms with E-state index in [1.807, 2.05) is 27.7 Å². The van der Waals surface area contributed by atoms with Gasteiger partial charge in [0.25, 0.3) is 0 Å². The van der Waals surface area contributed by atoms with E-state index in [2.05, 4.69) is 27.3 Å². The van der Waals surface area contributed by atoms with E-state index in [1.54, 1.807) is 7.11 Å². The molecule has 0 saturated carbocycles. The second-order valence-corrected chi connectivity index (χ2v) is 4.89. The van der Waals surface area contributed by atoms with E-state index >= 15 is 0 Å². The Morgan fingerprint density at radius 2 is 1.82 bits per heavy atom. The maximum atomic E-state index is 8.88. The van der Waals surface area contributed by atoms with Crippen molar-refractivity contribution in [1.82, 2.24) is 0 Å². The van der Waals surface area contributed by atoms with Gasteiger partial charge in [0, 0.05) is 4.47 Å². The zero-order chi connectivity index (χ0) is 13.2. The second-order valence-electron chi connectivity index (χ2n) is 4.09. The van der Waals surface area contributed by atoms with Gasteiger partial charge in [-0.15, -0.1) is 0 Å². The molecule has 1 N–H and O–H groups in total. The summed E-state index contributed by atoms with van der Waals surface area (Å²) in [5.74, 6) is 0.810. The number of nitrogens with one attached hydrogen (secondary N) is 1. The molecule has 1 aromatic rings. The molecule has 0 radical (unpaired) electrons. The number of benzene rings is 1. The molecule has 0 spiro atoms. The van der Waals surface area contributed by atoms with E-state index in [-0.39, 0.29) is 6.04 Å². The molecule has 0 saturated heterocycles. The van der Waals surface area contributed by atoms with Crippen LogP contribution in [0, 0.1) is 32.1 Å². The van der Waals surface area contributed by atoms with Gasteiger partial charge in [-0.2, -0.15) is 5.26 Å². The predicted octanol–water partition coefficient (Wildman–Crippen LogP) is 3.71. The van der Waals surface area contributed by atoms with Gasteiger partial charge in [0.2, 0.25) is 0 Å². The standard InChI is InChI=1S/C13H17BrN2O/c1-7(6-15)16-12-10(4)11(14)8(2)9(3)13(12)17-5/h7,16H,1-5H3. The minimum Gasteiger partial charge on any atom is -0.494 e. The van der Waals surface area contributed by atoms with Gasteiger partial charge in [0.15, 0.2) is 0 Å². The topological polar surface area (TPSA) is 45.0 Å². The fourth-order valence-electron chi connectivity index (χ4n) is 1.76. The van der Waals surface area contributed by atoms with Crippen LogP contribution in [0.4, 0.5) is 5.69 Å². The summed E-state index contributed by atoms with van der Waals surface area (Å²) in [7, 11) is 1.65. The van der Waals surface area contributed by atoms with Crippen molar-refractivity contribution in [2.45, 2.75) is 33.7 Å². The van der Waals surface area contributed by atoms with Crippen LogP contribution in [0.2, 0.25) is 0 Å². The van der Waals surface area contributed by atoms with Crippen molar-refractivity contribution >= 4 is 21.6 Å². The Balaban J connectivity index is 3.42. The highest BCUT2D eigenvalue weighted by molar-refractivity contribution is 9.10. The Morgan fingerprint density at radius 1 is 1.24 bits per heavy atom. The Hall–Kier alpha value is -1.21. The Morgan fingerprint density at radius 3 is 2.29 bits per heavy atom. The fourth-order valence-corrected chi connectivity index (χ4v) is 2.26. The lowest BCUT2D eigenvalue weighted by Crippen LogP contribution is -2.15. The lowest BCUT2D eigenvalue weighted by molar-refractivity contribution is 0.412. The van der Waals surface area contributed by atoms with Crippen LogP contribution in [0.3, 0.4) is 0 Å². The first-order valence-electron chi connectivity index (χ1n) is 5.43. The largest absolute Gasteiger partial charge is 0.494 e. The van der Waals surface area contributed by atoms with Crippen LogP contribution in [0.15, 0.2) is 4.47 Å². The summed E-state index contributed by atoms with van der Waals surface area (Å²) in [5, 5.41) is 12.1. The Kier molecular flexibility index (Phi) is 4.41. The van der Waals surface area contributed by atoms with Crippen molar-refractivity contribution in [3.63, 3.8) is 0 Å². The van der Waals surface area contributed by atoms with E-state index < -0.39 is 0 Å². The molecule has 17 heavy (non-hydrogen) atoms. The van der Waals surface area contributed by atoms with Gasteiger partial charge in [-0.25, -0.2) is 0 Å². The summed E-state index contributed by atoms with van der Waals surface area (Å²) in [6.07, 6.45) is 0. The van der Waals surface area contributed by atoms with E-state index in [0.29, 0.717) is 0 Å². The molecule has 0 aliphatic carbocycles. The third-order valence-corrected chi connectivity index (χ3v) is 4.11. The molecule has 1 atom stereocenters. The van der Waals surface area contributed by atoms with E-state index in [1.165, 1.54) is 0 Å². The van der Waals surface area contributed by atoms with Crippen LogP contribution in [-0.2, 0) is 0 Å². The van der Waals surface area contributed by atoms with Crippen molar-refractivity contribution in [2.24, 2.45) is 0 Å². The molecular formula is C13H17BrN2O. The third kappa shape index (κ3) is 2.55. The predicted molar refractivity (Wildman–Crippen MR) is 73.6 cm³/mol. The fraction of sp³-hybridized carbons (Fsp3) is 0.462. The molecule has 0 amide bonds. The molecular weight excluding hydrogens is 280 g/mol. The quantitative estimate of drug-likeness (QED) is 0.925. The molecule has 0 aliphatic heterocycles. The number of hydrogen-bond acceptors (Lipinski definition) is 3. The summed E-state index contributed by atoms with van der Waals surface area (Å²) in [4.78, 5) is 0. The van der Waals surface area contributed by atoms with E-state index in [4.69, 9.17) is 10.00 Å². The van der Waals surface area contributed by atoms with E-state index in [9.17, 15) is 0 Å². The van der Waals surface area contributed by atoms with Crippen molar-refractivity contribution < 1.29 is 4.74 Å². The van der Waals surface area contributed by atoms with Crippen LogP contribution in [0.5, 0.6) is 5.75 Å². The maximum absolute atomic E-state index is 8.88. The van der Waals surface area contributed by atoms with Crippen LogP contribution < -0.4 is 10.1 Å². The first-order valence-corrected chi connectivity index (χ1v) is 6.22. The first-order chi connectivity index (χ1) is 7.93. The van der Waals surface area contributed by atoms with Crippen LogP contribution in [0.25, 0.3) is 0 Å². The Bertz CT molecular complexity index is 478. The first kappa shape index (κ1) is 13.9. The lowest BCUT2D eigenvalue weighted by Gasteiger charge is -2.20. The molecule has 0 aliphatic rings.